The fourth-order valence-corrected chi connectivity index (χ4v) is 4.51. The van der Waals surface area contributed by atoms with Crippen molar-refractivity contribution in [2.45, 2.75) is 49.7 Å². The molecule has 0 bridgehead atoms. The predicted molar refractivity (Wildman–Crippen MR) is 95.8 cm³/mol. The average Bonchev–Trinajstić information content (AvgIpc) is 2.56. The molecule has 152 valence electrons. The van der Waals surface area contributed by atoms with Crippen molar-refractivity contribution < 1.29 is 26.4 Å². The summed E-state index contributed by atoms with van der Waals surface area (Å²) in [4.78, 5) is 11.6. The second kappa shape index (κ2) is 8.36. The molecule has 1 aliphatic rings. The summed E-state index contributed by atoms with van der Waals surface area (Å²) >= 11 is 5.52. The minimum Gasteiger partial charge on any atom is -0.352 e. The van der Waals surface area contributed by atoms with Gasteiger partial charge >= 0.3 is 6.18 Å². The first-order chi connectivity index (χ1) is 12.4. The van der Waals surface area contributed by atoms with E-state index in [4.69, 9.17) is 11.6 Å². The molecule has 2 rings (SSSR count). The molecule has 0 aliphatic heterocycles. The zero-order valence-corrected chi connectivity index (χ0v) is 16.6. The second-order valence-electron chi connectivity index (χ2n) is 6.84. The number of nitrogens with one attached hydrogen (secondary N) is 1. The van der Waals surface area contributed by atoms with Crippen LogP contribution in [0.2, 0.25) is 5.02 Å². The van der Waals surface area contributed by atoms with Crippen LogP contribution in [0, 0.1) is 5.92 Å². The van der Waals surface area contributed by atoms with E-state index >= 15 is 0 Å². The van der Waals surface area contributed by atoms with Gasteiger partial charge in [0, 0.05) is 13.1 Å². The van der Waals surface area contributed by atoms with Crippen LogP contribution in [-0.4, -0.2) is 38.3 Å². The van der Waals surface area contributed by atoms with E-state index in [9.17, 15) is 26.4 Å². The zero-order valence-electron chi connectivity index (χ0n) is 15.0. The number of carbonyl (C=O) groups is 1. The summed E-state index contributed by atoms with van der Waals surface area (Å²) in [7, 11) is -3.12. The van der Waals surface area contributed by atoms with Crippen LogP contribution in [0.1, 0.15) is 38.2 Å². The molecule has 1 aromatic carbocycles. The molecule has 1 amide bonds. The monoisotopic (exact) mass is 426 g/mol. The lowest BCUT2D eigenvalue weighted by molar-refractivity contribution is -0.137. The van der Waals surface area contributed by atoms with E-state index in [1.165, 1.54) is 0 Å². The Bertz CT molecular complexity index is 799. The Morgan fingerprint density at radius 1 is 1.30 bits per heavy atom. The Hall–Kier alpha value is -1.32. The molecule has 0 aromatic heterocycles. The van der Waals surface area contributed by atoms with Crippen molar-refractivity contribution in [3.05, 3.63) is 28.8 Å². The molecular formula is C17H22ClF3N2O3S. The molecule has 1 aromatic rings. The van der Waals surface area contributed by atoms with Gasteiger partial charge in [-0.1, -0.05) is 31.4 Å². The molecule has 0 saturated heterocycles. The topological polar surface area (TPSA) is 66.5 Å². The highest BCUT2D eigenvalue weighted by Gasteiger charge is 2.35. The van der Waals surface area contributed by atoms with E-state index in [1.54, 1.807) is 0 Å². The number of hydrogen-bond donors (Lipinski definition) is 1. The Morgan fingerprint density at radius 3 is 2.52 bits per heavy atom. The minimum absolute atomic E-state index is 0.0188. The maximum atomic E-state index is 13.0. The van der Waals surface area contributed by atoms with E-state index in [0.29, 0.717) is 12.0 Å². The molecule has 0 spiro atoms. The van der Waals surface area contributed by atoms with Crippen LogP contribution < -0.4 is 5.32 Å². The first kappa shape index (κ1) is 22.0. The average molecular weight is 427 g/mol. The van der Waals surface area contributed by atoms with Crippen LogP contribution in [0.5, 0.6) is 0 Å². The summed E-state index contributed by atoms with van der Waals surface area (Å²) in [6.07, 6.45) is -0.871. The number of sulfonamides is 1. The maximum absolute atomic E-state index is 13.0. The summed E-state index contributed by atoms with van der Waals surface area (Å²) in [5.74, 6) is -0.181. The predicted octanol–water partition coefficient (Wildman–Crippen LogP) is 3.67. The number of amides is 1. The van der Waals surface area contributed by atoms with Gasteiger partial charge in [-0.2, -0.15) is 17.5 Å². The summed E-state index contributed by atoms with van der Waals surface area (Å²) < 4.78 is 64.7. The number of rotatable bonds is 5. The van der Waals surface area contributed by atoms with Crippen LogP contribution in [0.4, 0.5) is 13.2 Å². The van der Waals surface area contributed by atoms with Crippen molar-refractivity contribution >= 4 is 27.5 Å². The molecule has 27 heavy (non-hydrogen) atoms. The van der Waals surface area contributed by atoms with Crippen molar-refractivity contribution in [1.29, 1.82) is 0 Å². The lowest BCUT2D eigenvalue weighted by Gasteiger charge is -2.30. The molecular weight excluding hydrogens is 405 g/mol. The van der Waals surface area contributed by atoms with Crippen LogP contribution in [-0.2, 0) is 21.0 Å². The molecule has 1 saturated carbocycles. The molecule has 1 N–H and O–H groups in total. The highest BCUT2D eigenvalue weighted by molar-refractivity contribution is 7.89. The third kappa shape index (κ3) is 5.36. The van der Waals surface area contributed by atoms with Gasteiger partial charge in [0.05, 0.1) is 22.0 Å². The number of alkyl halides is 3. The number of carbonyl (C=O) groups excluding carboxylic acids is 1. The molecule has 2 atom stereocenters. The molecule has 1 fully saturated rings. The van der Waals surface area contributed by atoms with Crippen molar-refractivity contribution in [2.75, 3.05) is 13.6 Å². The van der Waals surface area contributed by atoms with E-state index in [2.05, 4.69) is 5.32 Å². The van der Waals surface area contributed by atoms with Crippen molar-refractivity contribution in [3.63, 3.8) is 0 Å². The highest BCUT2D eigenvalue weighted by Crippen LogP contribution is 2.36. The minimum atomic E-state index is -4.78. The molecule has 0 heterocycles. The normalized spacial score (nSPS) is 21.3. The smallest absolute Gasteiger partial charge is 0.352 e. The van der Waals surface area contributed by atoms with Crippen molar-refractivity contribution in [1.82, 2.24) is 9.62 Å². The summed E-state index contributed by atoms with van der Waals surface area (Å²) in [5, 5.41) is 2.23. The van der Waals surface area contributed by atoms with Gasteiger partial charge in [0.25, 0.3) is 0 Å². The summed E-state index contributed by atoms with van der Waals surface area (Å²) in [6, 6.07) is 2.34. The standard InChI is InChI=1S/C17H22ClF3N2O3S/c1-11-5-3-4-6-15(11)22-16(24)10-23(2)27(25,26)12-7-8-14(18)13(9-12)17(19,20)21/h7-9,11,15H,3-6,10H2,1-2H3,(H,22,24). The highest BCUT2D eigenvalue weighted by atomic mass is 35.5. The van der Waals surface area contributed by atoms with Crippen LogP contribution in [0.3, 0.4) is 0 Å². The number of likely N-dealkylation sites (N-methyl/N-ethyl adjacent to an activating group) is 1. The Labute approximate surface area is 161 Å². The van der Waals surface area contributed by atoms with Crippen molar-refractivity contribution in [2.24, 2.45) is 5.92 Å². The lowest BCUT2D eigenvalue weighted by atomic mass is 9.86. The Morgan fingerprint density at radius 2 is 1.93 bits per heavy atom. The van der Waals surface area contributed by atoms with Gasteiger partial charge in [-0.15, -0.1) is 0 Å². The number of benzene rings is 1. The Kier molecular flexibility index (Phi) is 6.81. The van der Waals surface area contributed by atoms with Crippen molar-refractivity contribution in [3.8, 4) is 0 Å². The van der Waals surface area contributed by atoms with Crippen LogP contribution >= 0.6 is 11.6 Å². The van der Waals surface area contributed by atoms with Gasteiger partial charge in [-0.3, -0.25) is 4.79 Å². The number of halogens is 4. The summed E-state index contributed by atoms with van der Waals surface area (Å²) in [5.41, 5.74) is -1.24. The fourth-order valence-electron chi connectivity index (χ4n) is 3.13. The van der Waals surface area contributed by atoms with Gasteiger partial charge in [-0.05, 0) is 37.0 Å². The Balaban J connectivity index is 2.13. The van der Waals surface area contributed by atoms with Gasteiger partial charge in [0.1, 0.15) is 0 Å². The molecule has 10 heteroatoms. The van der Waals surface area contributed by atoms with Crippen LogP contribution in [0.25, 0.3) is 0 Å². The number of hydrogen-bond acceptors (Lipinski definition) is 3. The van der Waals surface area contributed by atoms with E-state index < -0.39 is 44.1 Å². The third-order valence-electron chi connectivity index (χ3n) is 4.78. The molecule has 0 radical (unpaired) electrons. The molecule has 5 nitrogen and oxygen atoms in total. The quantitative estimate of drug-likeness (QED) is 0.781. The summed E-state index contributed by atoms with van der Waals surface area (Å²) in [6.45, 7) is 1.55. The number of nitrogens with zero attached hydrogens (tertiary/aromatic N) is 1. The van der Waals surface area contributed by atoms with Gasteiger partial charge in [-0.25, -0.2) is 8.42 Å². The maximum Gasteiger partial charge on any atom is 0.417 e. The van der Waals surface area contributed by atoms with Gasteiger partial charge in [0.2, 0.25) is 15.9 Å². The van der Waals surface area contributed by atoms with Crippen LogP contribution in [0.15, 0.2) is 23.1 Å². The fraction of sp³-hybridized carbons (Fsp3) is 0.588. The van der Waals surface area contributed by atoms with Gasteiger partial charge in [0.15, 0.2) is 0 Å². The lowest BCUT2D eigenvalue weighted by Crippen LogP contribution is -2.46. The largest absolute Gasteiger partial charge is 0.417 e. The van der Waals surface area contributed by atoms with E-state index in [1.807, 2.05) is 6.92 Å². The zero-order chi connectivity index (χ0) is 20.4. The van der Waals surface area contributed by atoms with Gasteiger partial charge < -0.3 is 5.32 Å². The molecule has 1 aliphatic carbocycles. The molecule has 2 unspecified atom stereocenters. The second-order valence-corrected chi connectivity index (χ2v) is 9.29. The first-order valence-corrected chi connectivity index (χ1v) is 10.4. The van der Waals surface area contributed by atoms with E-state index in [-0.39, 0.29) is 6.04 Å². The first-order valence-electron chi connectivity index (χ1n) is 8.55. The SMILES string of the molecule is CC1CCCCC1NC(=O)CN(C)S(=O)(=O)c1ccc(Cl)c(C(F)(F)F)c1. The third-order valence-corrected chi connectivity index (χ3v) is 6.90. The van der Waals surface area contributed by atoms with E-state index in [0.717, 1.165) is 49.2 Å².